The molecule has 5 aliphatic rings. The molecular formula is C17H29NO. The minimum absolute atomic E-state index is 0.277. The summed E-state index contributed by atoms with van der Waals surface area (Å²) in [6.45, 7) is 1.79. The first-order valence-electron chi connectivity index (χ1n) is 8.55. The van der Waals surface area contributed by atoms with Crippen LogP contribution in [0.3, 0.4) is 0 Å². The summed E-state index contributed by atoms with van der Waals surface area (Å²) in [7, 11) is 0. The van der Waals surface area contributed by atoms with Crippen molar-refractivity contribution in [3.8, 4) is 0 Å². The number of ether oxygens (including phenoxy) is 1. The average molecular weight is 263 g/mol. The van der Waals surface area contributed by atoms with Gasteiger partial charge in [0.05, 0.1) is 12.2 Å². The molecule has 5 rings (SSSR count). The summed E-state index contributed by atoms with van der Waals surface area (Å²) < 4.78 is 6.64. The van der Waals surface area contributed by atoms with Gasteiger partial charge in [-0.05, 0) is 69.1 Å². The van der Waals surface area contributed by atoms with Gasteiger partial charge in [0.25, 0.3) is 0 Å². The molecule has 0 aromatic carbocycles. The zero-order chi connectivity index (χ0) is 12.9. The molecule has 0 saturated heterocycles. The van der Waals surface area contributed by atoms with Gasteiger partial charge in [-0.25, -0.2) is 0 Å². The molecule has 0 atom stereocenters. The van der Waals surface area contributed by atoms with Gasteiger partial charge in [0.1, 0.15) is 0 Å². The first kappa shape index (κ1) is 12.6. The molecule has 0 spiro atoms. The molecule has 5 aliphatic carbocycles. The summed E-state index contributed by atoms with van der Waals surface area (Å²) in [5, 5.41) is 0. The van der Waals surface area contributed by atoms with Crippen LogP contribution < -0.4 is 5.73 Å². The van der Waals surface area contributed by atoms with Gasteiger partial charge in [-0.1, -0.05) is 12.8 Å². The van der Waals surface area contributed by atoms with Crippen LogP contribution in [-0.4, -0.2) is 18.8 Å². The van der Waals surface area contributed by atoms with Crippen LogP contribution in [0.4, 0.5) is 0 Å². The Bertz CT molecular complexity index is 310. The molecule has 19 heavy (non-hydrogen) atoms. The van der Waals surface area contributed by atoms with E-state index in [4.69, 9.17) is 10.5 Å². The normalized spacial score (nSPS) is 46.9. The molecule has 0 heterocycles. The molecule has 5 saturated carbocycles. The predicted molar refractivity (Wildman–Crippen MR) is 76.8 cm³/mol. The zero-order valence-electron chi connectivity index (χ0n) is 12.2. The van der Waals surface area contributed by atoms with Crippen LogP contribution in [0, 0.1) is 23.2 Å². The highest BCUT2D eigenvalue weighted by Gasteiger charge is 2.52. The average Bonchev–Trinajstić information content (AvgIpc) is 2.84. The standard InChI is InChI=1S/C17H29NO/c18-11-16(3-1-2-4-16)12-19-17-8-13-5-14(9-17)7-15(6-13)10-17/h13-15H,1-12,18H2. The molecule has 0 aliphatic heterocycles. The highest BCUT2D eigenvalue weighted by molar-refractivity contribution is 5.03. The SMILES string of the molecule is NCC1(COC23CC4CC(CC(C4)C2)C3)CCCC1. The van der Waals surface area contributed by atoms with Gasteiger partial charge in [-0.2, -0.15) is 0 Å². The third-order valence-electron chi connectivity index (χ3n) is 6.76. The lowest BCUT2D eigenvalue weighted by Crippen LogP contribution is -2.53. The fourth-order valence-electron chi connectivity index (χ4n) is 6.05. The zero-order valence-corrected chi connectivity index (χ0v) is 12.2. The van der Waals surface area contributed by atoms with E-state index in [1.807, 2.05) is 0 Å². The topological polar surface area (TPSA) is 35.2 Å². The fourth-order valence-corrected chi connectivity index (χ4v) is 6.05. The fraction of sp³-hybridized carbons (Fsp3) is 1.00. The number of rotatable bonds is 4. The van der Waals surface area contributed by atoms with Crippen molar-refractivity contribution >= 4 is 0 Å². The summed E-state index contributed by atoms with van der Waals surface area (Å²) in [4.78, 5) is 0. The van der Waals surface area contributed by atoms with Gasteiger partial charge in [0.2, 0.25) is 0 Å². The first-order valence-corrected chi connectivity index (χ1v) is 8.55. The van der Waals surface area contributed by atoms with E-state index < -0.39 is 0 Å². The Morgan fingerprint density at radius 1 is 0.895 bits per heavy atom. The lowest BCUT2D eigenvalue weighted by atomic mass is 9.54. The van der Waals surface area contributed by atoms with Crippen LogP contribution in [0.5, 0.6) is 0 Å². The Labute approximate surface area is 117 Å². The summed E-state index contributed by atoms with van der Waals surface area (Å²) in [5.41, 5.74) is 6.68. The highest BCUT2D eigenvalue weighted by Crippen LogP contribution is 2.57. The Kier molecular flexibility index (Phi) is 2.97. The molecule has 0 aromatic rings. The van der Waals surface area contributed by atoms with E-state index in [2.05, 4.69) is 0 Å². The number of nitrogens with two attached hydrogens (primary N) is 1. The third-order valence-corrected chi connectivity index (χ3v) is 6.76. The Morgan fingerprint density at radius 3 is 1.89 bits per heavy atom. The van der Waals surface area contributed by atoms with Crippen molar-refractivity contribution in [3.63, 3.8) is 0 Å². The molecule has 2 N–H and O–H groups in total. The minimum Gasteiger partial charge on any atom is -0.374 e. The van der Waals surface area contributed by atoms with E-state index in [0.717, 1.165) is 30.9 Å². The van der Waals surface area contributed by atoms with Crippen LogP contribution in [0.1, 0.15) is 64.2 Å². The minimum atomic E-state index is 0.277. The lowest BCUT2D eigenvalue weighted by molar-refractivity contribution is -0.177. The van der Waals surface area contributed by atoms with Crippen molar-refractivity contribution in [2.45, 2.75) is 69.8 Å². The molecular weight excluding hydrogens is 234 g/mol. The van der Waals surface area contributed by atoms with Gasteiger partial charge in [0.15, 0.2) is 0 Å². The first-order chi connectivity index (χ1) is 9.21. The van der Waals surface area contributed by atoms with Gasteiger partial charge < -0.3 is 10.5 Å². The van der Waals surface area contributed by atoms with E-state index >= 15 is 0 Å². The quantitative estimate of drug-likeness (QED) is 0.842. The molecule has 2 heteroatoms. The Hall–Kier alpha value is -0.0800. The van der Waals surface area contributed by atoms with Crippen molar-refractivity contribution in [2.75, 3.05) is 13.2 Å². The van der Waals surface area contributed by atoms with Crippen LogP contribution in [0.25, 0.3) is 0 Å². The van der Waals surface area contributed by atoms with Crippen LogP contribution in [0.15, 0.2) is 0 Å². The largest absolute Gasteiger partial charge is 0.374 e. The van der Waals surface area contributed by atoms with Gasteiger partial charge in [-0.15, -0.1) is 0 Å². The second-order valence-electron chi connectivity index (χ2n) is 8.30. The molecule has 5 fully saturated rings. The summed E-state index contributed by atoms with van der Waals surface area (Å²) in [6.07, 6.45) is 13.9. The van der Waals surface area contributed by atoms with Gasteiger partial charge in [-0.3, -0.25) is 0 Å². The van der Waals surface area contributed by atoms with E-state index in [9.17, 15) is 0 Å². The van der Waals surface area contributed by atoms with Crippen molar-refractivity contribution in [2.24, 2.45) is 28.9 Å². The molecule has 0 amide bonds. The number of hydrogen-bond acceptors (Lipinski definition) is 2. The van der Waals surface area contributed by atoms with Gasteiger partial charge >= 0.3 is 0 Å². The van der Waals surface area contributed by atoms with E-state index in [1.54, 1.807) is 0 Å². The smallest absolute Gasteiger partial charge is 0.0690 e. The molecule has 0 unspecified atom stereocenters. The monoisotopic (exact) mass is 263 g/mol. The van der Waals surface area contributed by atoms with E-state index in [0.29, 0.717) is 5.41 Å². The maximum atomic E-state index is 6.64. The third kappa shape index (κ3) is 2.15. The van der Waals surface area contributed by atoms with Crippen LogP contribution >= 0.6 is 0 Å². The van der Waals surface area contributed by atoms with Crippen LogP contribution in [-0.2, 0) is 4.74 Å². The van der Waals surface area contributed by atoms with Crippen molar-refractivity contribution < 1.29 is 4.74 Å². The number of hydrogen-bond donors (Lipinski definition) is 1. The summed E-state index contributed by atoms with van der Waals surface area (Å²) in [5.74, 6) is 2.97. The van der Waals surface area contributed by atoms with Crippen molar-refractivity contribution in [3.05, 3.63) is 0 Å². The van der Waals surface area contributed by atoms with E-state index in [1.165, 1.54) is 64.2 Å². The Morgan fingerprint density at radius 2 is 1.42 bits per heavy atom. The maximum Gasteiger partial charge on any atom is 0.0690 e. The molecule has 108 valence electrons. The lowest BCUT2D eigenvalue weighted by Gasteiger charge is -2.56. The second kappa shape index (κ2) is 4.46. The maximum absolute atomic E-state index is 6.64. The van der Waals surface area contributed by atoms with E-state index in [-0.39, 0.29) is 5.60 Å². The van der Waals surface area contributed by atoms with Crippen molar-refractivity contribution in [1.82, 2.24) is 0 Å². The Balaban J connectivity index is 1.45. The molecule has 2 nitrogen and oxygen atoms in total. The summed E-state index contributed by atoms with van der Waals surface area (Å²) >= 11 is 0. The van der Waals surface area contributed by atoms with Crippen LogP contribution in [0.2, 0.25) is 0 Å². The molecule has 4 bridgehead atoms. The second-order valence-corrected chi connectivity index (χ2v) is 8.30. The summed E-state index contributed by atoms with van der Waals surface area (Å²) in [6, 6.07) is 0. The molecule has 0 aromatic heterocycles. The molecule has 0 radical (unpaired) electrons. The van der Waals surface area contributed by atoms with Crippen molar-refractivity contribution in [1.29, 1.82) is 0 Å². The highest BCUT2D eigenvalue weighted by atomic mass is 16.5. The predicted octanol–water partition coefficient (Wildman–Crippen LogP) is 3.49. The van der Waals surface area contributed by atoms with Gasteiger partial charge in [0, 0.05) is 12.0 Å².